The fourth-order valence-electron chi connectivity index (χ4n) is 6.67. The number of rotatable bonds is 9. The maximum Gasteiger partial charge on any atom is 0.289 e. The van der Waals surface area contributed by atoms with E-state index in [2.05, 4.69) is 5.32 Å². The number of quaternary nitrogens is 1. The van der Waals surface area contributed by atoms with Gasteiger partial charge in [0.2, 0.25) is 0 Å². The topological polar surface area (TPSA) is 65.8 Å². The number of amides is 2. The van der Waals surface area contributed by atoms with Gasteiger partial charge >= 0.3 is 0 Å². The molecule has 9 heteroatoms. The normalized spacial score (nSPS) is 19.5. The van der Waals surface area contributed by atoms with E-state index in [9.17, 15) is 9.59 Å². The standard InChI is InChI=1S/C29H41Cl2N4O3/c1-33(2)28(37)29(12-14-32-15-13-29)35(16-5-4-6-17-35)18-11-23(22-9-10-24(30)25(31)20-22)21-34(3)27(36)26-8-7-19-38-26/h7-10,19-20,23,32H,4-6,11-18,21H2,1-3H3/q+1. The molecule has 1 N–H and O–H groups in total. The van der Waals surface area contributed by atoms with Crippen molar-refractivity contribution >= 4 is 35.0 Å². The van der Waals surface area contributed by atoms with E-state index in [1.54, 1.807) is 21.9 Å². The van der Waals surface area contributed by atoms with Crippen LogP contribution in [0.3, 0.4) is 0 Å². The minimum atomic E-state index is -0.423. The quantitative estimate of drug-likeness (QED) is 0.434. The first-order valence-corrected chi connectivity index (χ1v) is 14.5. The first-order valence-electron chi connectivity index (χ1n) is 13.7. The molecule has 3 heterocycles. The van der Waals surface area contributed by atoms with Gasteiger partial charge in [0.15, 0.2) is 11.3 Å². The van der Waals surface area contributed by atoms with Crippen LogP contribution in [0.1, 0.15) is 60.6 Å². The molecule has 2 aromatic rings. The summed E-state index contributed by atoms with van der Waals surface area (Å²) < 4.78 is 6.19. The molecule has 0 spiro atoms. The van der Waals surface area contributed by atoms with E-state index in [0.29, 0.717) is 22.4 Å². The summed E-state index contributed by atoms with van der Waals surface area (Å²) in [5.41, 5.74) is 0.625. The Kier molecular flexibility index (Phi) is 9.45. The molecule has 2 saturated heterocycles. The molecule has 0 aliphatic carbocycles. The van der Waals surface area contributed by atoms with Crippen LogP contribution in [0.25, 0.3) is 0 Å². The highest BCUT2D eigenvalue weighted by Crippen LogP contribution is 2.40. The third kappa shape index (κ3) is 5.91. The van der Waals surface area contributed by atoms with Gasteiger partial charge in [-0.05, 0) is 49.1 Å². The molecule has 208 valence electrons. The Morgan fingerprint density at radius 2 is 1.76 bits per heavy atom. The van der Waals surface area contributed by atoms with Crippen LogP contribution in [0.2, 0.25) is 10.0 Å². The summed E-state index contributed by atoms with van der Waals surface area (Å²) in [6, 6.07) is 9.17. The lowest BCUT2D eigenvalue weighted by atomic mass is 9.79. The number of hydrogen-bond donors (Lipinski definition) is 1. The molecule has 2 amide bonds. The van der Waals surface area contributed by atoms with Gasteiger partial charge in [-0.2, -0.15) is 0 Å². The lowest BCUT2D eigenvalue weighted by Crippen LogP contribution is -2.74. The van der Waals surface area contributed by atoms with Gasteiger partial charge in [0.25, 0.3) is 11.8 Å². The van der Waals surface area contributed by atoms with Crippen molar-refractivity contribution in [2.24, 2.45) is 0 Å². The first kappa shape index (κ1) is 28.9. The van der Waals surface area contributed by atoms with Gasteiger partial charge in [0, 0.05) is 66.0 Å². The molecular weight excluding hydrogens is 523 g/mol. The van der Waals surface area contributed by atoms with Gasteiger partial charge in [-0.1, -0.05) is 29.3 Å². The number of benzene rings is 1. The average Bonchev–Trinajstić information content (AvgIpc) is 3.47. The van der Waals surface area contributed by atoms with Crippen molar-refractivity contribution in [1.29, 1.82) is 0 Å². The molecule has 2 fully saturated rings. The summed E-state index contributed by atoms with van der Waals surface area (Å²) in [5, 5.41) is 4.50. The van der Waals surface area contributed by atoms with Crippen LogP contribution in [0, 0.1) is 0 Å². The minimum Gasteiger partial charge on any atom is -0.459 e. The minimum absolute atomic E-state index is 0.0267. The number of carbonyl (C=O) groups is 2. The highest BCUT2D eigenvalue weighted by molar-refractivity contribution is 6.42. The van der Waals surface area contributed by atoms with Gasteiger partial charge < -0.3 is 24.0 Å². The lowest BCUT2D eigenvalue weighted by Gasteiger charge is -2.56. The molecule has 2 aliphatic heterocycles. The highest BCUT2D eigenvalue weighted by atomic mass is 35.5. The Labute approximate surface area is 236 Å². The molecule has 0 saturated carbocycles. The van der Waals surface area contributed by atoms with E-state index in [1.807, 2.05) is 39.3 Å². The van der Waals surface area contributed by atoms with Crippen LogP contribution in [-0.4, -0.2) is 92.0 Å². The zero-order chi connectivity index (χ0) is 27.3. The molecule has 1 atom stereocenters. The Bertz CT molecular complexity index is 1090. The molecule has 0 radical (unpaired) electrons. The molecule has 0 bridgehead atoms. The summed E-state index contributed by atoms with van der Waals surface area (Å²) in [7, 11) is 5.59. The third-order valence-electron chi connectivity index (χ3n) is 8.71. The van der Waals surface area contributed by atoms with Crippen molar-refractivity contribution in [3.05, 3.63) is 58.0 Å². The van der Waals surface area contributed by atoms with Gasteiger partial charge in [0.05, 0.1) is 35.9 Å². The largest absolute Gasteiger partial charge is 0.459 e. The summed E-state index contributed by atoms with van der Waals surface area (Å²) >= 11 is 12.7. The second kappa shape index (κ2) is 12.4. The van der Waals surface area contributed by atoms with E-state index in [1.165, 1.54) is 12.7 Å². The van der Waals surface area contributed by atoms with E-state index < -0.39 is 5.54 Å². The molecule has 1 aromatic carbocycles. The number of nitrogens with zero attached hydrogens (tertiary/aromatic N) is 3. The van der Waals surface area contributed by atoms with Gasteiger partial charge in [-0.15, -0.1) is 0 Å². The summed E-state index contributed by atoms with van der Waals surface area (Å²) in [6.45, 7) is 5.11. The Morgan fingerprint density at radius 3 is 2.37 bits per heavy atom. The smallest absolute Gasteiger partial charge is 0.289 e. The number of halogens is 2. The lowest BCUT2D eigenvalue weighted by molar-refractivity contribution is -0.972. The fraction of sp³-hybridized carbons (Fsp3) is 0.586. The van der Waals surface area contributed by atoms with Crippen molar-refractivity contribution in [2.45, 2.75) is 50.0 Å². The predicted molar refractivity (Wildman–Crippen MR) is 152 cm³/mol. The van der Waals surface area contributed by atoms with Gasteiger partial charge in [0.1, 0.15) is 0 Å². The van der Waals surface area contributed by atoms with Crippen molar-refractivity contribution in [3.8, 4) is 0 Å². The zero-order valence-electron chi connectivity index (χ0n) is 22.8. The Hall–Kier alpha value is -2.06. The third-order valence-corrected chi connectivity index (χ3v) is 9.45. The monoisotopic (exact) mass is 563 g/mol. The second-order valence-electron chi connectivity index (χ2n) is 11.2. The van der Waals surface area contributed by atoms with Crippen molar-refractivity contribution < 1.29 is 18.5 Å². The predicted octanol–water partition coefficient (Wildman–Crippen LogP) is 5.04. The van der Waals surface area contributed by atoms with E-state index in [0.717, 1.165) is 74.9 Å². The number of carbonyl (C=O) groups excluding carboxylic acids is 2. The van der Waals surface area contributed by atoms with Crippen molar-refractivity contribution in [2.75, 3.05) is 60.4 Å². The van der Waals surface area contributed by atoms with E-state index >= 15 is 0 Å². The number of likely N-dealkylation sites (tertiary alicyclic amines) is 1. The van der Waals surface area contributed by atoms with E-state index in [-0.39, 0.29) is 17.7 Å². The highest BCUT2D eigenvalue weighted by Gasteiger charge is 2.57. The Morgan fingerprint density at radius 1 is 1.05 bits per heavy atom. The maximum atomic E-state index is 13.9. The number of furan rings is 1. The summed E-state index contributed by atoms with van der Waals surface area (Å²) in [5.74, 6) is 0.445. The molecular formula is C29H41Cl2N4O3+. The number of nitrogens with one attached hydrogen (secondary N) is 1. The molecule has 1 unspecified atom stereocenters. The number of hydrogen-bond acceptors (Lipinski definition) is 4. The maximum absolute atomic E-state index is 13.9. The number of likely N-dealkylation sites (N-methyl/N-ethyl adjacent to an activating group) is 2. The van der Waals surface area contributed by atoms with Gasteiger partial charge in [-0.25, -0.2) is 0 Å². The van der Waals surface area contributed by atoms with E-state index in [4.69, 9.17) is 27.6 Å². The van der Waals surface area contributed by atoms with Crippen molar-refractivity contribution in [3.63, 3.8) is 0 Å². The average molecular weight is 565 g/mol. The second-order valence-corrected chi connectivity index (χ2v) is 12.0. The summed E-state index contributed by atoms with van der Waals surface area (Å²) in [4.78, 5) is 30.5. The SMILES string of the molecule is CN(C)C(=O)C1([N+]2(CCC(CN(C)C(=O)c3ccco3)c3ccc(Cl)c(Cl)c3)CCCCC2)CCNCC1. The molecule has 7 nitrogen and oxygen atoms in total. The molecule has 2 aliphatic rings. The zero-order valence-corrected chi connectivity index (χ0v) is 24.4. The summed E-state index contributed by atoms with van der Waals surface area (Å²) in [6.07, 6.45) is 7.50. The van der Waals surface area contributed by atoms with Crippen LogP contribution >= 0.6 is 23.2 Å². The van der Waals surface area contributed by atoms with Crippen LogP contribution in [0.15, 0.2) is 41.0 Å². The first-order chi connectivity index (χ1) is 18.2. The van der Waals surface area contributed by atoms with Crippen LogP contribution < -0.4 is 5.32 Å². The van der Waals surface area contributed by atoms with Crippen LogP contribution in [0.4, 0.5) is 0 Å². The Balaban J connectivity index is 1.65. The van der Waals surface area contributed by atoms with Crippen molar-refractivity contribution in [1.82, 2.24) is 15.1 Å². The fourth-order valence-corrected chi connectivity index (χ4v) is 6.97. The number of piperidine rings is 2. The molecule has 38 heavy (non-hydrogen) atoms. The van der Waals surface area contributed by atoms with Crippen LogP contribution in [-0.2, 0) is 4.79 Å². The van der Waals surface area contributed by atoms with Crippen LogP contribution in [0.5, 0.6) is 0 Å². The molecule has 4 rings (SSSR count). The van der Waals surface area contributed by atoms with Gasteiger partial charge in [-0.3, -0.25) is 9.59 Å². The molecule has 1 aromatic heterocycles.